The molecule has 1 fully saturated rings. The van der Waals surface area contributed by atoms with Crippen LogP contribution in [-0.4, -0.2) is 30.8 Å². The highest BCUT2D eigenvalue weighted by Crippen LogP contribution is 2.19. The molecule has 7 nitrogen and oxygen atoms in total. The van der Waals surface area contributed by atoms with Gasteiger partial charge in [0.1, 0.15) is 0 Å². The molecule has 0 bridgehead atoms. The average Bonchev–Trinajstić information content (AvgIpc) is 2.50. The number of carbonyl (C=O) groups is 3. The highest BCUT2D eigenvalue weighted by atomic mass is 16.2. The van der Waals surface area contributed by atoms with Crippen LogP contribution in [0.15, 0.2) is 18.2 Å². The van der Waals surface area contributed by atoms with E-state index in [-0.39, 0.29) is 5.92 Å². The molecular formula is C15H20N4O3. The maximum atomic E-state index is 11.9. The fourth-order valence-corrected chi connectivity index (χ4v) is 2.33. The number of benzene rings is 1. The van der Waals surface area contributed by atoms with Crippen LogP contribution in [-0.2, 0) is 14.4 Å². The third-order valence-corrected chi connectivity index (χ3v) is 3.61. The second-order valence-corrected chi connectivity index (χ2v) is 5.39. The molecule has 0 spiro atoms. The number of piperidine rings is 1. The third-order valence-electron chi connectivity index (χ3n) is 3.61. The molecule has 22 heavy (non-hydrogen) atoms. The van der Waals surface area contributed by atoms with Crippen LogP contribution in [0.1, 0.15) is 18.4 Å². The minimum Gasteiger partial charge on any atom is -0.397 e. The van der Waals surface area contributed by atoms with Gasteiger partial charge in [0.2, 0.25) is 5.91 Å². The molecule has 2 rings (SSSR count). The Kier molecular flexibility index (Phi) is 5.11. The molecule has 3 amide bonds. The molecule has 1 saturated heterocycles. The molecule has 0 aliphatic carbocycles. The summed E-state index contributed by atoms with van der Waals surface area (Å²) in [5.74, 6) is -2.51. The van der Waals surface area contributed by atoms with Crippen molar-refractivity contribution in [1.29, 1.82) is 0 Å². The van der Waals surface area contributed by atoms with Gasteiger partial charge < -0.3 is 16.4 Å². The second-order valence-electron chi connectivity index (χ2n) is 5.39. The lowest BCUT2D eigenvalue weighted by molar-refractivity contribution is -0.141. The predicted octanol–water partition coefficient (Wildman–Crippen LogP) is 0.158. The lowest BCUT2D eigenvalue weighted by Gasteiger charge is -2.21. The maximum Gasteiger partial charge on any atom is 0.316 e. The predicted molar refractivity (Wildman–Crippen MR) is 83.0 cm³/mol. The Hall–Kier alpha value is -2.41. The van der Waals surface area contributed by atoms with Gasteiger partial charge in [-0.15, -0.1) is 0 Å². The Balaban J connectivity index is 1.91. The van der Waals surface area contributed by atoms with E-state index in [1.54, 1.807) is 18.2 Å². The van der Waals surface area contributed by atoms with Gasteiger partial charge in [-0.1, -0.05) is 6.07 Å². The molecule has 1 aliphatic heterocycles. The van der Waals surface area contributed by atoms with Crippen LogP contribution in [0.2, 0.25) is 0 Å². The number of nitrogen functional groups attached to an aromatic ring is 1. The van der Waals surface area contributed by atoms with E-state index in [1.807, 2.05) is 6.92 Å². The van der Waals surface area contributed by atoms with Gasteiger partial charge in [0.15, 0.2) is 0 Å². The SMILES string of the molecule is Cc1ccc(NC(=O)C(=O)NC(=O)C2CCNCC2)c(N)c1. The van der Waals surface area contributed by atoms with Crippen LogP contribution < -0.4 is 21.7 Å². The highest BCUT2D eigenvalue weighted by Gasteiger charge is 2.25. The fraction of sp³-hybridized carbons (Fsp3) is 0.400. The van der Waals surface area contributed by atoms with Crippen molar-refractivity contribution in [3.63, 3.8) is 0 Å². The van der Waals surface area contributed by atoms with Crippen molar-refractivity contribution in [2.45, 2.75) is 19.8 Å². The summed E-state index contributed by atoms with van der Waals surface area (Å²) in [6.07, 6.45) is 1.32. The molecule has 0 atom stereocenters. The number of aryl methyl sites for hydroxylation is 1. The Bertz CT molecular complexity index is 594. The van der Waals surface area contributed by atoms with E-state index in [2.05, 4.69) is 16.0 Å². The van der Waals surface area contributed by atoms with E-state index in [0.717, 1.165) is 18.7 Å². The number of amides is 3. The number of hydrogen-bond donors (Lipinski definition) is 4. The van der Waals surface area contributed by atoms with Gasteiger partial charge >= 0.3 is 11.8 Å². The summed E-state index contributed by atoms with van der Waals surface area (Å²) in [6, 6.07) is 5.07. The average molecular weight is 304 g/mol. The van der Waals surface area contributed by atoms with E-state index in [1.165, 1.54) is 0 Å². The highest BCUT2D eigenvalue weighted by molar-refractivity contribution is 6.42. The van der Waals surface area contributed by atoms with Crippen molar-refractivity contribution in [3.05, 3.63) is 23.8 Å². The molecule has 1 aromatic carbocycles. The molecule has 5 N–H and O–H groups in total. The number of hydrogen-bond acceptors (Lipinski definition) is 5. The minimum atomic E-state index is -0.969. The summed E-state index contributed by atoms with van der Waals surface area (Å²) in [5, 5.41) is 7.68. The topological polar surface area (TPSA) is 113 Å². The first-order valence-electron chi connectivity index (χ1n) is 7.20. The Morgan fingerprint density at radius 3 is 2.50 bits per heavy atom. The monoisotopic (exact) mass is 304 g/mol. The van der Waals surface area contributed by atoms with Crippen molar-refractivity contribution in [2.75, 3.05) is 24.1 Å². The number of imide groups is 1. The van der Waals surface area contributed by atoms with E-state index in [0.29, 0.717) is 24.2 Å². The van der Waals surface area contributed by atoms with Crippen LogP contribution in [0.3, 0.4) is 0 Å². The molecule has 7 heteroatoms. The van der Waals surface area contributed by atoms with Crippen molar-refractivity contribution < 1.29 is 14.4 Å². The van der Waals surface area contributed by atoms with Gasteiger partial charge in [0.25, 0.3) is 0 Å². The third kappa shape index (κ3) is 4.05. The van der Waals surface area contributed by atoms with Gasteiger partial charge in [-0.25, -0.2) is 0 Å². The smallest absolute Gasteiger partial charge is 0.316 e. The Morgan fingerprint density at radius 2 is 1.86 bits per heavy atom. The molecule has 0 radical (unpaired) electrons. The van der Waals surface area contributed by atoms with E-state index in [9.17, 15) is 14.4 Å². The van der Waals surface area contributed by atoms with Crippen LogP contribution in [0.4, 0.5) is 11.4 Å². The number of nitrogens with one attached hydrogen (secondary N) is 3. The molecule has 1 aliphatic rings. The normalized spacial score (nSPS) is 15.1. The molecule has 0 aromatic heterocycles. The van der Waals surface area contributed by atoms with Crippen LogP contribution >= 0.6 is 0 Å². The number of rotatable bonds is 2. The summed E-state index contributed by atoms with van der Waals surface area (Å²) in [5.41, 5.74) is 7.43. The first kappa shape index (κ1) is 16.0. The summed E-state index contributed by atoms with van der Waals surface area (Å²) in [7, 11) is 0. The first-order valence-corrected chi connectivity index (χ1v) is 7.20. The summed E-state index contributed by atoms with van der Waals surface area (Å²) >= 11 is 0. The molecule has 118 valence electrons. The van der Waals surface area contributed by atoms with E-state index >= 15 is 0 Å². The fourth-order valence-electron chi connectivity index (χ4n) is 2.33. The number of nitrogens with two attached hydrogens (primary N) is 1. The van der Waals surface area contributed by atoms with Crippen LogP contribution in [0.5, 0.6) is 0 Å². The molecule has 1 aromatic rings. The lowest BCUT2D eigenvalue weighted by Crippen LogP contribution is -2.44. The van der Waals surface area contributed by atoms with Gasteiger partial charge in [-0.2, -0.15) is 0 Å². The van der Waals surface area contributed by atoms with E-state index < -0.39 is 17.7 Å². The second kappa shape index (κ2) is 7.04. The van der Waals surface area contributed by atoms with Gasteiger partial charge in [0.05, 0.1) is 11.4 Å². The largest absolute Gasteiger partial charge is 0.397 e. The summed E-state index contributed by atoms with van der Waals surface area (Å²) in [4.78, 5) is 35.5. The molecule has 0 saturated carbocycles. The van der Waals surface area contributed by atoms with Gasteiger partial charge in [0, 0.05) is 5.92 Å². The minimum absolute atomic E-state index is 0.234. The Morgan fingerprint density at radius 1 is 1.18 bits per heavy atom. The van der Waals surface area contributed by atoms with Crippen molar-refractivity contribution >= 4 is 29.1 Å². The molecule has 0 unspecified atom stereocenters. The number of anilines is 2. The standard InChI is InChI=1S/C15H20N4O3/c1-9-2-3-12(11(16)8-9)18-14(21)15(22)19-13(20)10-4-6-17-7-5-10/h2-3,8,10,17H,4-7,16H2,1H3,(H,18,21)(H,19,20,22). The van der Waals surface area contributed by atoms with Gasteiger partial charge in [-0.3, -0.25) is 19.7 Å². The van der Waals surface area contributed by atoms with Crippen molar-refractivity contribution in [1.82, 2.24) is 10.6 Å². The van der Waals surface area contributed by atoms with Gasteiger partial charge in [-0.05, 0) is 50.6 Å². The summed E-state index contributed by atoms with van der Waals surface area (Å²) < 4.78 is 0. The quantitative estimate of drug-likeness (QED) is 0.459. The zero-order valence-corrected chi connectivity index (χ0v) is 12.4. The van der Waals surface area contributed by atoms with Crippen molar-refractivity contribution in [3.8, 4) is 0 Å². The summed E-state index contributed by atoms with van der Waals surface area (Å²) in [6.45, 7) is 3.34. The van der Waals surface area contributed by atoms with Crippen LogP contribution in [0.25, 0.3) is 0 Å². The zero-order valence-electron chi connectivity index (χ0n) is 12.4. The van der Waals surface area contributed by atoms with Crippen molar-refractivity contribution in [2.24, 2.45) is 5.92 Å². The maximum absolute atomic E-state index is 11.9. The lowest BCUT2D eigenvalue weighted by atomic mass is 9.97. The molecular weight excluding hydrogens is 284 g/mol. The zero-order chi connectivity index (χ0) is 16.1. The van der Waals surface area contributed by atoms with E-state index in [4.69, 9.17) is 5.73 Å². The number of carbonyl (C=O) groups excluding carboxylic acids is 3. The first-order chi connectivity index (χ1) is 10.5. The Labute approximate surface area is 128 Å². The van der Waals surface area contributed by atoms with Crippen LogP contribution in [0, 0.1) is 12.8 Å². The molecule has 1 heterocycles.